The summed E-state index contributed by atoms with van der Waals surface area (Å²) in [4.78, 5) is 0. The van der Waals surface area contributed by atoms with Crippen molar-refractivity contribution in [3.8, 4) is 0 Å². The second-order valence-electron chi connectivity index (χ2n) is 3.43. The van der Waals surface area contributed by atoms with Gasteiger partial charge in [0.1, 0.15) is 0 Å². The minimum Gasteiger partial charge on any atom is -0.121 e. The first-order valence-corrected chi connectivity index (χ1v) is 7.09. The Labute approximate surface area is 104 Å². The van der Waals surface area contributed by atoms with Gasteiger partial charge in [0.05, 0.1) is 12.9 Å². The van der Waals surface area contributed by atoms with Crippen LogP contribution in [0, 0.1) is 5.92 Å². The Morgan fingerprint density at radius 1 is 1.54 bits per heavy atom. The highest BCUT2D eigenvalue weighted by Gasteiger charge is 2.26. The number of thiophene rings is 1. The van der Waals surface area contributed by atoms with Gasteiger partial charge in [-0.2, -0.15) is 0 Å². The average molecular weight is 344 g/mol. The number of hydrogen-bond acceptors (Lipinski definition) is 1. The number of alkyl halides is 1. The quantitative estimate of drug-likeness (QED) is 0.648. The molecular weight excluding hydrogens is 335 g/mol. The Bertz CT molecular complexity index is 307. The van der Waals surface area contributed by atoms with Crippen LogP contribution in [0.25, 0.3) is 0 Å². The van der Waals surface area contributed by atoms with Gasteiger partial charge in [0.2, 0.25) is 0 Å². The summed E-state index contributed by atoms with van der Waals surface area (Å²) in [5.74, 6) is 0.882. The van der Waals surface area contributed by atoms with Crippen LogP contribution in [-0.2, 0) is 0 Å². The molecule has 0 radical (unpaired) electrons. The minimum atomic E-state index is 0.185. The zero-order valence-corrected chi connectivity index (χ0v) is 11.6. The van der Waals surface area contributed by atoms with E-state index in [0.29, 0.717) is 0 Å². The molecule has 1 unspecified atom stereocenters. The lowest BCUT2D eigenvalue weighted by Crippen LogP contribution is -1.89. The average Bonchev–Trinajstić information content (AvgIpc) is 2.77. The molecule has 0 nitrogen and oxygen atoms in total. The highest BCUT2D eigenvalue weighted by molar-refractivity contribution is 9.12. The summed E-state index contributed by atoms with van der Waals surface area (Å²) in [6.45, 7) is 0. The number of halogens is 3. The lowest BCUT2D eigenvalue weighted by molar-refractivity contribution is 0.706. The molecule has 2 rings (SSSR count). The standard InChI is InChI=1S/C9H9Br2ClS/c10-8-4-6(9(11)13-8)7(12)3-5-1-2-5/h4-5,7H,1-3H2. The van der Waals surface area contributed by atoms with E-state index in [-0.39, 0.29) is 5.38 Å². The fourth-order valence-corrected chi connectivity index (χ4v) is 4.93. The highest BCUT2D eigenvalue weighted by Crippen LogP contribution is 2.44. The number of rotatable bonds is 3. The zero-order valence-electron chi connectivity index (χ0n) is 6.90. The van der Waals surface area contributed by atoms with Crippen molar-refractivity contribution in [2.24, 2.45) is 5.92 Å². The summed E-state index contributed by atoms with van der Waals surface area (Å²) in [7, 11) is 0. The molecule has 1 aliphatic rings. The molecule has 4 heteroatoms. The molecule has 1 saturated carbocycles. The molecule has 0 spiro atoms. The van der Waals surface area contributed by atoms with Crippen molar-refractivity contribution >= 4 is 54.8 Å². The molecule has 1 fully saturated rings. The maximum atomic E-state index is 6.32. The van der Waals surface area contributed by atoms with Crippen LogP contribution < -0.4 is 0 Å². The van der Waals surface area contributed by atoms with E-state index in [1.807, 2.05) is 0 Å². The van der Waals surface area contributed by atoms with Gasteiger partial charge in [-0.15, -0.1) is 22.9 Å². The molecule has 1 aliphatic carbocycles. The van der Waals surface area contributed by atoms with Gasteiger partial charge in [-0.25, -0.2) is 0 Å². The molecule has 0 bridgehead atoms. The summed E-state index contributed by atoms with van der Waals surface area (Å²) in [6.07, 6.45) is 3.86. The predicted molar refractivity (Wildman–Crippen MR) is 65.7 cm³/mol. The Kier molecular flexibility index (Phi) is 3.39. The van der Waals surface area contributed by atoms with E-state index < -0.39 is 0 Å². The van der Waals surface area contributed by atoms with Gasteiger partial charge in [0.15, 0.2) is 0 Å². The molecule has 13 heavy (non-hydrogen) atoms. The van der Waals surface area contributed by atoms with Crippen LogP contribution in [0.5, 0.6) is 0 Å². The van der Waals surface area contributed by atoms with Gasteiger partial charge >= 0.3 is 0 Å². The van der Waals surface area contributed by atoms with Gasteiger partial charge in [-0.05, 0) is 55.8 Å². The minimum absolute atomic E-state index is 0.185. The molecule has 0 aromatic carbocycles. The predicted octanol–water partition coefficient (Wildman–Crippen LogP) is 5.35. The summed E-state index contributed by atoms with van der Waals surface area (Å²) >= 11 is 15.0. The highest BCUT2D eigenvalue weighted by atomic mass is 79.9. The van der Waals surface area contributed by atoms with Crippen LogP contribution in [0.2, 0.25) is 0 Å². The third-order valence-electron chi connectivity index (χ3n) is 2.26. The second-order valence-corrected chi connectivity index (χ2v) is 7.70. The Morgan fingerprint density at radius 3 is 2.69 bits per heavy atom. The summed E-state index contributed by atoms with van der Waals surface area (Å²) in [6, 6.07) is 2.12. The first-order chi connectivity index (χ1) is 6.16. The van der Waals surface area contributed by atoms with Gasteiger partial charge in [0.25, 0.3) is 0 Å². The lowest BCUT2D eigenvalue weighted by atomic mass is 10.1. The molecule has 1 aromatic heterocycles. The van der Waals surface area contributed by atoms with Crippen molar-refractivity contribution in [1.82, 2.24) is 0 Å². The van der Waals surface area contributed by atoms with E-state index in [4.69, 9.17) is 11.6 Å². The molecule has 1 atom stereocenters. The van der Waals surface area contributed by atoms with E-state index in [1.54, 1.807) is 11.3 Å². The van der Waals surface area contributed by atoms with Gasteiger partial charge < -0.3 is 0 Å². The second kappa shape index (κ2) is 4.21. The van der Waals surface area contributed by atoms with E-state index in [1.165, 1.54) is 22.2 Å². The van der Waals surface area contributed by atoms with Crippen LogP contribution in [0.15, 0.2) is 13.6 Å². The molecule has 0 aliphatic heterocycles. The van der Waals surface area contributed by atoms with E-state index in [9.17, 15) is 0 Å². The summed E-state index contributed by atoms with van der Waals surface area (Å²) < 4.78 is 2.32. The van der Waals surface area contributed by atoms with Crippen molar-refractivity contribution < 1.29 is 0 Å². The largest absolute Gasteiger partial charge is 0.121 e. The number of hydrogen-bond donors (Lipinski definition) is 0. The molecule has 72 valence electrons. The molecule has 1 aromatic rings. The Balaban J connectivity index is 2.08. The maximum absolute atomic E-state index is 6.32. The van der Waals surface area contributed by atoms with Crippen LogP contribution in [0.4, 0.5) is 0 Å². The Morgan fingerprint density at radius 2 is 2.23 bits per heavy atom. The summed E-state index contributed by atoms with van der Waals surface area (Å²) in [5, 5.41) is 0.185. The first-order valence-electron chi connectivity index (χ1n) is 4.25. The van der Waals surface area contributed by atoms with E-state index in [2.05, 4.69) is 37.9 Å². The molecule has 0 amide bonds. The fourth-order valence-electron chi connectivity index (χ4n) is 1.34. The fraction of sp³-hybridized carbons (Fsp3) is 0.556. The van der Waals surface area contributed by atoms with Crippen molar-refractivity contribution in [3.63, 3.8) is 0 Å². The molecule has 1 heterocycles. The first kappa shape index (κ1) is 10.5. The maximum Gasteiger partial charge on any atom is 0.0757 e. The Hall–Kier alpha value is 0.950. The van der Waals surface area contributed by atoms with Crippen molar-refractivity contribution in [3.05, 3.63) is 19.2 Å². The summed E-state index contributed by atoms with van der Waals surface area (Å²) in [5.41, 5.74) is 1.24. The normalized spacial score (nSPS) is 19.0. The molecule has 0 saturated heterocycles. The van der Waals surface area contributed by atoms with Crippen LogP contribution in [-0.4, -0.2) is 0 Å². The monoisotopic (exact) mass is 342 g/mol. The van der Waals surface area contributed by atoms with Gasteiger partial charge in [-0.3, -0.25) is 0 Å². The van der Waals surface area contributed by atoms with Crippen LogP contribution in [0.1, 0.15) is 30.2 Å². The lowest BCUT2D eigenvalue weighted by Gasteiger charge is -2.06. The topological polar surface area (TPSA) is 0 Å². The van der Waals surface area contributed by atoms with Gasteiger partial charge in [-0.1, -0.05) is 12.8 Å². The smallest absolute Gasteiger partial charge is 0.0757 e. The SMILES string of the molecule is ClC(CC1CC1)c1cc(Br)sc1Br. The third kappa shape index (κ3) is 2.71. The van der Waals surface area contributed by atoms with Gasteiger partial charge in [0, 0.05) is 0 Å². The zero-order chi connectivity index (χ0) is 9.42. The van der Waals surface area contributed by atoms with Crippen LogP contribution >= 0.6 is 54.8 Å². The van der Waals surface area contributed by atoms with Crippen LogP contribution in [0.3, 0.4) is 0 Å². The van der Waals surface area contributed by atoms with E-state index in [0.717, 1.165) is 16.1 Å². The molecule has 0 N–H and O–H groups in total. The van der Waals surface area contributed by atoms with Crippen molar-refractivity contribution in [1.29, 1.82) is 0 Å². The van der Waals surface area contributed by atoms with Crippen molar-refractivity contribution in [2.75, 3.05) is 0 Å². The van der Waals surface area contributed by atoms with E-state index >= 15 is 0 Å². The third-order valence-corrected chi connectivity index (χ3v) is 5.06. The van der Waals surface area contributed by atoms with Crippen molar-refractivity contribution in [2.45, 2.75) is 24.6 Å². The molecular formula is C9H9Br2ClS.